The highest BCUT2D eigenvalue weighted by Crippen LogP contribution is 2.22. The van der Waals surface area contributed by atoms with E-state index in [0.29, 0.717) is 13.2 Å². The van der Waals surface area contributed by atoms with Crippen molar-refractivity contribution in [1.82, 2.24) is 0 Å². The number of carbonyl (C=O) groups is 2. The number of hydrogen-bond acceptors (Lipinski definition) is 4. The minimum atomic E-state index is -0.778. The third kappa shape index (κ3) is 10.4. The summed E-state index contributed by atoms with van der Waals surface area (Å²) in [5.41, 5.74) is 0. The zero-order chi connectivity index (χ0) is 17.5. The zero-order valence-corrected chi connectivity index (χ0v) is 15.6. The van der Waals surface area contributed by atoms with Gasteiger partial charge in [0.25, 0.3) is 0 Å². The quantitative estimate of drug-likeness (QED) is 0.259. The monoisotopic (exact) mass is 328 g/mol. The van der Waals surface area contributed by atoms with Crippen LogP contribution in [0.1, 0.15) is 85.5 Å². The van der Waals surface area contributed by atoms with Crippen LogP contribution in [0, 0.1) is 11.8 Å². The Balaban J connectivity index is 4.10. The van der Waals surface area contributed by atoms with Crippen LogP contribution in [0.2, 0.25) is 0 Å². The molecule has 0 aromatic carbocycles. The summed E-state index contributed by atoms with van der Waals surface area (Å²) in [6.45, 7) is 8.26. The highest BCUT2D eigenvalue weighted by Gasteiger charge is 2.34. The van der Waals surface area contributed by atoms with Gasteiger partial charge in [0.1, 0.15) is 0 Å². The molecular formula is C19H36O4. The fraction of sp³-hybridized carbons (Fsp3) is 0.895. The first-order chi connectivity index (χ1) is 11.1. The molecule has 0 radical (unpaired) electrons. The third-order valence-corrected chi connectivity index (χ3v) is 4.16. The molecule has 4 heteroatoms. The number of ether oxygens (including phenoxy) is 2. The van der Waals surface area contributed by atoms with Gasteiger partial charge in [0, 0.05) is 0 Å². The summed E-state index contributed by atoms with van der Waals surface area (Å²) in [5.74, 6) is -1.70. The second kappa shape index (κ2) is 14.5. The molecule has 0 N–H and O–H groups in total. The fourth-order valence-electron chi connectivity index (χ4n) is 2.79. The number of carbonyl (C=O) groups excluding carboxylic acids is 2. The molecule has 0 aromatic heterocycles. The molecule has 0 rings (SSSR count). The van der Waals surface area contributed by atoms with Crippen LogP contribution in [0.25, 0.3) is 0 Å². The smallest absolute Gasteiger partial charge is 0.320 e. The average molecular weight is 328 g/mol. The van der Waals surface area contributed by atoms with Crippen molar-refractivity contribution in [2.45, 2.75) is 85.5 Å². The van der Waals surface area contributed by atoms with Gasteiger partial charge in [0.2, 0.25) is 0 Å². The zero-order valence-electron chi connectivity index (χ0n) is 15.6. The maximum absolute atomic E-state index is 12.0. The standard InChI is InChI=1S/C19H36O4/c1-5-8-9-10-11-12-13-14-15-16(4)17(18(20)22-6-2)19(21)23-7-3/h16-17H,5-15H2,1-4H3. The van der Waals surface area contributed by atoms with Gasteiger partial charge >= 0.3 is 11.9 Å². The van der Waals surface area contributed by atoms with Crippen LogP contribution in [0.3, 0.4) is 0 Å². The van der Waals surface area contributed by atoms with Crippen LogP contribution in [0.4, 0.5) is 0 Å². The second-order valence-corrected chi connectivity index (χ2v) is 6.22. The Morgan fingerprint density at radius 1 is 0.739 bits per heavy atom. The minimum Gasteiger partial charge on any atom is -0.465 e. The molecule has 0 aromatic rings. The molecular weight excluding hydrogens is 292 g/mol. The van der Waals surface area contributed by atoms with E-state index in [1.54, 1.807) is 13.8 Å². The number of esters is 2. The molecule has 23 heavy (non-hydrogen) atoms. The predicted molar refractivity (Wildman–Crippen MR) is 93.1 cm³/mol. The van der Waals surface area contributed by atoms with Crippen LogP contribution in [-0.2, 0) is 19.1 Å². The van der Waals surface area contributed by atoms with Crippen molar-refractivity contribution in [2.24, 2.45) is 11.8 Å². The van der Waals surface area contributed by atoms with E-state index in [2.05, 4.69) is 6.92 Å². The van der Waals surface area contributed by atoms with Crippen molar-refractivity contribution in [3.63, 3.8) is 0 Å². The summed E-state index contributed by atoms with van der Waals surface area (Å²) in [7, 11) is 0. The first-order valence-electron chi connectivity index (χ1n) is 9.41. The van der Waals surface area contributed by atoms with Gasteiger partial charge in [0.05, 0.1) is 13.2 Å². The molecule has 0 saturated heterocycles. The highest BCUT2D eigenvalue weighted by atomic mass is 16.6. The van der Waals surface area contributed by atoms with E-state index in [-0.39, 0.29) is 5.92 Å². The van der Waals surface area contributed by atoms with Crippen molar-refractivity contribution < 1.29 is 19.1 Å². The van der Waals surface area contributed by atoms with E-state index in [9.17, 15) is 9.59 Å². The maximum atomic E-state index is 12.0. The summed E-state index contributed by atoms with van der Waals surface area (Å²) < 4.78 is 10.1. The SMILES string of the molecule is CCCCCCCCCCC(C)C(C(=O)OCC)C(=O)OCC. The summed E-state index contributed by atoms with van der Waals surface area (Å²) >= 11 is 0. The van der Waals surface area contributed by atoms with Crippen LogP contribution in [0.5, 0.6) is 0 Å². The normalized spacial score (nSPS) is 12.2. The van der Waals surface area contributed by atoms with Gasteiger partial charge in [-0.3, -0.25) is 9.59 Å². The van der Waals surface area contributed by atoms with Crippen molar-refractivity contribution in [3.8, 4) is 0 Å². The van der Waals surface area contributed by atoms with Gasteiger partial charge in [0.15, 0.2) is 5.92 Å². The van der Waals surface area contributed by atoms with Gasteiger partial charge in [-0.1, -0.05) is 65.2 Å². The Morgan fingerprint density at radius 3 is 1.61 bits per heavy atom. The fourth-order valence-corrected chi connectivity index (χ4v) is 2.79. The topological polar surface area (TPSA) is 52.6 Å². The Morgan fingerprint density at radius 2 is 1.17 bits per heavy atom. The molecule has 0 bridgehead atoms. The third-order valence-electron chi connectivity index (χ3n) is 4.16. The molecule has 136 valence electrons. The van der Waals surface area contributed by atoms with Crippen molar-refractivity contribution in [2.75, 3.05) is 13.2 Å². The van der Waals surface area contributed by atoms with Gasteiger partial charge in [-0.15, -0.1) is 0 Å². The number of unbranched alkanes of at least 4 members (excludes halogenated alkanes) is 7. The summed E-state index contributed by atoms with van der Waals surface area (Å²) in [6.07, 6.45) is 10.8. The maximum Gasteiger partial charge on any atom is 0.320 e. The molecule has 0 saturated carbocycles. The van der Waals surface area contributed by atoms with E-state index in [0.717, 1.165) is 19.3 Å². The lowest BCUT2D eigenvalue weighted by molar-refractivity contribution is -0.164. The lowest BCUT2D eigenvalue weighted by atomic mass is 9.89. The lowest BCUT2D eigenvalue weighted by Gasteiger charge is -2.20. The molecule has 1 unspecified atom stereocenters. The highest BCUT2D eigenvalue weighted by molar-refractivity contribution is 5.95. The Hall–Kier alpha value is -1.06. The van der Waals surface area contributed by atoms with Crippen LogP contribution >= 0.6 is 0 Å². The molecule has 0 aliphatic carbocycles. The second-order valence-electron chi connectivity index (χ2n) is 6.22. The number of hydrogen-bond donors (Lipinski definition) is 0. The Labute approximate surface area is 142 Å². The molecule has 1 atom stereocenters. The van der Waals surface area contributed by atoms with Crippen molar-refractivity contribution in [1.29, 1.82) is 0 Å². The minimum absolute atomic E-state index is 0.0341. The summed E-state index contributed by atoms with van der Waals surface area (Å²) in [4.78, 5) is 24.0. The number of rotatable bonds is 14. The first-order valence-corrected chi connectivity index (χ1v) is 9.41. The van der Waals surface area contributed by atoms with E-state index >= 15 is 0 Å². The Bertz CT molecular complexity index is 296. The van der Waals surface area contributed by atoms with Gasteiger partial charge in [-0.2, -0.15) is 0 Å². The Kier molecular flexibility index (Phi) is 13.9. The molecule has 0 spiro atoms. The van der Waals surface area contributed by atoms with E-state index in [1.165, 1.54) is 38.5 Å². The molecule has 0 aliphatic heterocycles. The first kappa shape index (κ1) is 21.9. The summed E-state index contributed by atoms with van der Waals surface area (Å²) in [5, 5.41) is 0. The molecule has 0 fully saturated rings. The summed E-state index contributed by atoms with van der Waals surface area (Å²) in [6, 6.07) is 0. The van der Waals surface area contributed by atoms with E-state index in [1.807, 2.05) is 6.92 Å². The van der Waals surface area contributed by atoms with Crippen LogP contribution < -0.4 is 0 Å². The van der Waals surface area contributed by atoms with E-state index < -0.39 is 17.9 Å². The largest absolute Gasteiger partial charge is 0.465 e. The van der Waals surface area contributed by atoms with Gasteiger partial charge < -0.3 is 9.47 Å². The molecule has 4 nitrogen and oxygen atoms in total. The predicted octanol–water partition coefficient (Wildman–Crippen LogP) is 4.90. The lowest BCUT2D eigenvalue weighted by Crippen LogP contribution is -2.33. The van der Waals surface area contributed by atoms with Crippen molar-refractivity contribution in [3.05, 3.63) is 0 Å². The van der Waals surface area contributed by atoms with E-state index in [4.69, 9.17) is 9.47 Å². The molecule has 0 heterocycles. The van der Waals surface area contributed by atoms with Gasteiger partial charge in [-0.25, -0.2) is 0 Å². The molecule has 0 aliphatic rings. The van der Waals surface area contributed by atoms with Gasteiger partial charge in [-0.05, 0) is 26.2 Å². The average Bonchev–Trinajstić information content (AvgIpc) is 2.50. The van der Waals surface area contributed by atoms with Crippen molar-refractivity contribution >= 4 is 11.9 Å². The van der Waals surface area contributed by atoms with Crippen LogP contribution in [0.15, 0.2) is 0 Å². The van der Waals surface area contributed by atoms with Crippen LogP contribution in [-0.4, -0.2) is 25.2 Å². The molecule has 0 amide bonds.